The fraction of sp³-hybridized carbons (Fsp3) is 0.526. The standard InChI is InChI=1S/C19H25N3O2S2/c1-14-5-8-16(20-12-17-19(15-6-7-15)21-13-25-17)11-18(14)26(23,24)22-9-3-2-4-10-22/h5,8,11,13,15,20H,2-4,6-7,9-10,12H2,1H3. The van der Waals surface area contributed by atoms with Crippen molar-refractivity contribution in [2.45, 2.75) is 56.4 Å². The molecule has 5 nitrogen and oxygen atoms in total. The lowest BCUT2D eigenvalue weighted by molar-refractivity contribution is 0.346. The predicted molar refractivity (Wildman–Crippen MR) is 105 cm³/mol. The molecule has 0 bridgehead atoms. The van der Waals surface area contributed by atoms with E-state index in [0.29, 0.717) is 30.4 Å². The van der Waals surface area contributed by atoms with E-state index in [2.05, 4.69) is 10.3 Å². The van der Waals surface area contributed by atoms with Crippen molar-refractivity contribution in [1.29, 1.82) is 0 Å². The van der Waals surface area contributed by atoms with E-state index >= 15 is 0 Å². The highest BCUT2D eigenvalue weighted by molar-refractivity contribution is 7.89. The van der Waals surface area contributed by atoms with E-state index < -0.39 is 10.0 Å². The number of piperidine rings is 1. The minimum absolute atomic E-state index is 0.427. The zero-order valence-electron chi connectivity index (χ0n) is 15.1. The van der Waals surface area contributed by atoms with Crippen LogP contribution in [0.25, 0.3) is 0 Å². The molecule has 0 amide bonds. The van der Waals surface area contributed by atoms with Gasteiger partial charge in [-0.1, -0.05) is 12.5 Å². The normalized spacial score (nSPS) is 18.8. The Bertz CT molecular complexity index is 882. The highest BCUT2D eigenvalue weighted by atomic mass is 32.2. The van der Waals surface area contributed by atoms with E-state index in [0.717, 1.165) is 30.5 Å². The molecule has 1 saturated carbocycles. The van der Waals surface area contributed by atoms with Gasteiger partial charge in [0.2, 0.25) is 10.0 Å². The van der Waals surface area contributed by atoms with Gasteiger partial charge in [-0.05, 0) is 50.3 Å². The monoisotopic (exact) mass is 391 g/mol. The molecule has 1 aliphatic heterocycles. The summed E-state index contributed by atoms with van der Waals surface area (Å²) >= 11 is 1.67. The minimum Gasteiger partial charge on any atom is -0.380 e. The summed E-state index contributed by atoms with van der Waals surface area (Å²) in [5, 5.41) is 3.40. The molecular formula is C19H25N3O2S2. The maximum atomic E-state index is 13.0. The average Bonchev–Trinajstić information content (AvgIpc) is 3.39. The summed E-state index contributed by atoms with van der Waals surface area (Å²) in [6.45, 7) is 3.83. The molecule has 0 unspecified atom stereocenters. The lowest BCUT2D eigenvalue weighted by Crippen LogP contribution is -2.36. The highest BCUT2D eigenvalue weighted by Crippen LogP contribution is 2.42. The molecule has 1 aliphatic carbocycles. The second kappa shape index (κ2) is 7.29. The lowest BCUT2D eigenvalue weighted by atomic mass is 10.2. The average molecular weight is 392 g/mol. The van der Waals surface area contributed by atoms with Crippen LogP contribution in [0, 0.1) is 6.92 Å². The summed E-state index contributed by atoms with van der Waals surface area (Å²) < 4.78 is 27.7. The molecule has 0 spiro atoms. The maximum Gasteiger partial charge on any atom is 0.243 e. The molecule has 1 aromatic carbocycles. The van der Waals surface area contributed by atoms with Crippen LogP contribution < -0.4 is 5.32 Å². The largest absolute Gasteiger partial charge is 0.380 e. The van der Waals surface area contributed by atoms with E-state index in [1.165, 1.54) is 23.4 Å². The van der Waals surface area contributed by atoms with Crippen LogP contribution >= 0.6 is 11.3 Å². The molecule has 1 N–H and O–H groups in total. The van der Waals surface area contributed by atoms with Crippen molar-refractivity contribution < 1.29 is 8.42 Å². The minimum atomic E-state index is -3.42. The molecule has 0 atom stereocenters. The molecule has 2 aromatic rings. The van der Waals surface area contributed by atoms with Gasteiger partial charge in [0.15, 0.2) is 0 Å². The van der Waals surface area contributed by atoms with Crippen molar-refractivity contribution in [2.24, 2.45) is 0 Å². The fourth-order valence-electron chi connectivity index (χ4n) is 3.52. The smallest absolute Gasteiger partial charge is 0.243 e. The number of rotatable bonds is 6. The van der Waals surface area contributed by atoms with Gasteiger partial charge in [-0.3, -0.25) is 0 Å². The third-order valence-electron chi connectivity index (χ3n) is 5.21. The first-order valence-corrected chi connectivity index (χ1v) is 11.6. The third-order valence-corrected chi connectivity index (χ3v) is 8.10. The molecule has 2 aliphatic rings. The number of aromatic nitrogens is 1. The Morgan fingerprint density at radius 1 is 1.23 bits per heavy atom. The lowest BCUT2D eigenvalue weighted by Gasteiger charge is -2.26. The van der Waals surface area contributed by atoms with E-state index in [-0.39, 0.29) is 0 Å². The Morgan fingerprint density at radius 3 is 2.73 bits per heavy atom. The summed E-state index contributed by atoms with van der Waals surface area (Å²) in [7, 11) is -3.42. The predicted octanol–water partition coefficient (Wildman–Crippen LogP) is 4.12. The summed E-state index contributed by atoms with van der Waals surface area (Å²) in [6, 6.07) is 5.65. The first kappa shape index (κ1) is 17.9. The molecule has 140 valence electrons. The molecule has 26 heavy (non-hydrogen) atoms. The Balaban J connectivity index is 1.53. The van der Waals surface area contributed by atoms with E-state index in [1.807, 2.05) is 24.6 Å². The van der Waals surface area contributed by atoms with Crippen molar-refractivity contribution >= 4 is 27.0 Å². The summed E-state index contributed by atoms with van der Waals surface area (Å²) in [6.07, 6.45) is 5.49. The van der Waals surface area contributed by atoms with Crippen molar-refractivity contribution in [1.82, 2.24) is 9.29 Å². The van der Waals surface area contributed by atoms with Gasteiger partial charge in [-0.15, -0.1) is 11.3 Å². The van der Waals surface area contributed by atoms with Gasteiger partial charge in [0.05, 0.1) is 22.6 Å². The summed E-state index contributed by atoms with van der Waals surface area (Å²) in [5.74, 6) is 0.631. The Labute approximate surface area is 159 Å². The Morgan fingerprint density at radius 2 is 2.00 bits per heavy atom. The highest BCUT2D eigenvalue weighted by Gasteiger charge is 2.29. The Hall–Kier alpha value is -1.44. The second-order valence-corrected chi connectivity index (χ2v) is 10.1. The molecule has 2 heterocycles. The maximum absolute atomic E-state index is 13.0. The molecular weight excluding hydrogens is 366 g/mol. The molecule has 4 rings (SSSR count). The number of sulfonamides is 1. The SMILES string of the molecule is Cc1ccc(NCc2scnc2C2CC2)cc1S(=O)(=O)N1CCCCC1. The summed E-state index contributed by atoms with van der Waals surface area (Å²) in [4.78, 5) is 6.18. The van der Waals surface area contributed by atoms with Crippen LogP contribution in [0.5, 0.6) is 0 Å². The molecule has 1 saturated heterocycles. The zero-order chi connectivity index (χ0) is 18.1. The number of nitrogens with one attached hydrogen (secondary N) is 1. The second-order valence-electron chi connectivity index (χ2n) is 7.23. The number of thiazole rings is 1. The van der Waals surface area contributed by atoms with E-state index in [9.17, 15) is 8.42 Å². The quantitative estimate of drug-likeness (QED) is 0.805. The topological polar surface area (TPSA) is 62.3 Å². The van der Waals surface area contributed by atoms with Crippen LogP contribution in [-0.4, -0.2) is 30.8 Å². The number of nitrogens with zero attached hydrogens (tertiary/aromatic N) is 2. The van der Waals surface area contributed by atoms with E-state index in [4.69, 9.17) is 0 Å². The van der Waals surface area contributed by atoms with Gasteiger partial charge in [-0.25, -0.2) is 13.4 Å². The number of hydrogen-bond acceptors (Lipinski definition) is 5. The van der Waals surface area contributed by atoms with E-state index in [1.54, 1.807) is 21.7 Å². The van der Waals surface area contributed by atoms with Crippen molar-refractivity contribution in [3.05, 3.63) is 39.8 Å². The van der Waals surface area contributed by atoms with Crippen LogP contribution in [0.15, 0.2) is 28.6 Å². The molecule has 2 fully saturated rings. The fourth-order valence-corrected chi connectivity index (χ4v) is 6.07. The molecule has 0 radical (unpaired) electrons. The van der Waals surface area contributed by atoms with Crippen molar-refractivity contribution in [3.8, 4) is 0 Å². The van der Waals surface area contributed by atoms with Gasteiger partial charge < -0.3 is 5.32 Å². The zero-order valence-corrected chi connectivity index (χ0v) is 16.7. The first-order chi connectivity index (χ1) is 12.6. The van der Waals surface area contributed by atoms with Crippen LogP contribution in [0.3, 0.4) is 0 Å². The molecule has 1 aromatic heterocycles. The van der Waals surface area contributed by atoms with Crippen LogP contribution in [0.4, 0.5) is 5.69 Å². The number of aryl methyl sites for hydroxylation is 1. The van der Waals surface area contributed by atoms with Gasteiger partial charge in [0.25, 0.3) is 0 Å². The van der Waals surface area contributed by atoms with Gasteiger partial charge in [0.1, 0.15) is 0 Å². The summed E-state index contributed by atoms with van der Waals surface area (Å²) in [5.41, 5.74) is 4.78. The number of anilines is 1. The van der Waals surface area contributed by atoms with Crippen LogP contribution in [0.2, 0.25) is 0 Å². The number of hydrogen-bond donors (Lipinski definition) is 1. The van der Waals surface area contributed by atoms with Crippen LogP contribution in [0.1, 0.15) is 54.2 Å². The Kier molecular flexibility index (Phi) is 5.03. The third kappa shape index (κ3) is 3.66. The van der Waals surface area contributed by atoms with Crippen molar-refractivity contribution in [3.63, 3.8) is 0 Å². The van der Waals surface area contributed by atoms with Gasteiger partial charge >= 0.3 is 0 Å². The van der Waals surface area contributed by atoms with Gasteiger partial charge in [-0.2, -0.15) is 4.31 Å². The van der Waals surface area contributed by atoms with Crippen molar-refractivity contribution in [2.75, 3.05) is 18.4 Å². The number of benzene rings is 1. The first-order valence-electron chi connectivity index (χ1n) is 9.32. The van der Waals surface area contributed by atoms with Crippen LogP contribution in [-0.2, 0) is 16.6 Å². The van der Waals surface area contributed by atoms with Gasteiger partial charge in [0, 0.05) is 29.6 Å². The molecule has 7 heteroatoms.